The SMILES string of the molecule is CNC1CCN(c2nccc3c(Br)cccc23)C1. The Balaban J connectivity index is 2.05. The minimum atomic E-state index is 0.578. The molecule has 3 nitrogen and oxygen atoms in total. The van der Waals surface area contributed by atoms with Crippen LogP contribution in [0.2, 0.25) is 0 Å². The lowest BCUT2D eigenvalue weighted by Gasteiger charge is -2.19. The molecule has 1 fully saturated rings. The highest BCUT2D eigenvalue weighted by molar-refractivity contribution is 9.10. The Labute approximate surface area is 115 Å². The number of likely N-dealkylation sites (N-methyl/N-ethyl adjacent to an activating group) is 1. The van der Waals surface area contributed by atoms with E-state index in [4.69, 9.17) is 0 Å². The van der Waals surface area contributed by atoms with E-state index in [2.05, 4.69) is 55.4 Å². The molecule has 1 N–H and O–H groups in total. The summed E-state index contributed by atoms with van der Waals surface area (Å²) < 4.78 is 1.13. The van der Waals surface area contributed by atoms with Crippen LogP contribution >= 0.6 is 15.9 Å². The minimum Gasteiger partial charge on any atom is -0.354 e. The lowest BCUT2D eigenvalue weighted by Crippen LogP contribution is -2.29. The van der Waals surface area contributed by atoms with Gasteiger partial charge in [-0.25, -0.2) is 4.98 Å². The zero-order valence-corrected chi connectivity index (χ0v) is 11.9. The molecule has 3 rings (SSSR count). The zero-order chi connectivity index (χ0) is 12.5. The predicted octanol–water partition coefficient (Wildman–Crippen LogP) is 2.80. The fourth-order valence-corrected chi connectivity index (χ4v) is 3.09. The van der Waals surface area contributed by atoms with Crippen molar-refractivity contribution < 1.29 is 0 Å². The highest BCUT2D eigenvalue weighted by Gasteiger charge is 2.23. The number of nitrogens with zero attached hydrogens (tertiary/aromatic N) is 2. The first-order chi connectivity index (χ1) is 8.79. The maximum atomic E-state index is 4.58. The molecule has 0 saturated carbocycles. The molecule has 0 bridgehead atoms. The van der Waals surface area contributed by atoms with Crippen LogP contribution < -0.4 is 10.2 Å². The van der Waals surface area contributed by atoms with E-state index in [0.29, 0.717) is 6.04 Å². The molecule has 1 saturated heterocycles. The van der Waals surface area contributed by atoms with Crippen molar-refractivity contribution in [2.45, 2.75) is 12.5 Å². The number of aromatic nitrogens is 1. The Morgan fingerprint density at radius 1 is 1.33 bits per heavy atom. The Bertz CT molecular complexity index is 570. The van der Waals surface area contributed by atoms with Crippen molar-refractivity contribution in [1.29, 1.82) is 0 Å². The molecule has 0 aliphatic carbocycles. The van der Waals surface area contributed by atoms with Crippen molar-refractivity contribution in [2.75, 3.05) is 25.0 Å². The van der Waals surface area contributed by atoms with E-state index >= 15 is 0 Å². The molecule has 2 aromatic rings. The van der Waals surface area contributed by atoms with Crippen LogP contribution in [0.3, 0.4) is 0 Å². The van der Waals surface area contributed by atoms with Crippen molar-refractivity contribution in [3.8, 4) is 0 Å². The van der Waals surface area contributed by atoms with Crippen LogP contribution in [0.5, 0.6) is 0 Å². The van der Waals surface area contributed by atoms with Gasteiger partial charge in [-0.1, -0.05) is 28.1 Å². The molecule has 18 heavy (non-hydrogen) atoms. The highest BCUT2D eigenvalue weighted by Crippen LogP contribution is 2.31. The lowest BCUT2D eigenvalue weighted by atomic mass is 10.1. The quantitative estimate of drug-likeness (QED) is 0.925. The summed E-state index contributed by atoms with van der Waals surface area (Å²) in [5.41, 5.74) is 0. The Hall–Kier alpha value is -1.13. The number of pyridine rings is 1. The second-order valence-electron chi connectivity index (χ2n) is 4.69. The number of hydrogen-bond donors (Lipinski definition) is 1. The minimum absolute atomic E-state index is 0.578. The van der Waals surface area contributed by atoms with Crippen LogP contribution in [0.1, 0.15) is 6.42 Å². The number of anilines is 1. The molecule has 1 aliphatic heterocycles. The summed E-state index contributed by atoms with van der Waals surface area (Å²) >= 11 is 3.61. The molecule has 0 radical (unpaired) electrons. The molecule has 1 aromatic heterocycles. The van der Waals surface area contributed by atoms with Gasteiger partial charge < -0.3 is 10.2 Å². The van der Waals surface area contributed by atoms with E-state index in [-0.39, 0.29) is 0 Å². The van der Waals surface area contributed by atoms with Crippen LogP contribution in [0, 0.1) is 0 Å². The third kappa shape index (κ3) is 1.99. The smallest absolute Gasteiger partial charge is 0.136 e. The summed E-state index contributed by atoms with van der Waals surface area (Å²) in [4.78, 5) is 6.95. The first kappa shape index (κ1) is 11.9. The van der Waals surface area contributed by atoms with Gasteiger partial charge >= 0.3 is 0 Å². The van der Waals surface area contributed by atoms with Crippen LogP contribution in [-0.4, -0.2) is 31.2 Å². The summed E-state index contributed by atoms with van der Waals surface area (Å²) in [5, 5.41) is 5.80. The zero-order valence-electron chi connectivity index (χ0n) is 10.4. The van der Waals surface area contributed by atoms with Crippen LogP contribution in [0.25, 0.3) is 10.8 Å². The third-order valence-electron chi connectivity index (χ3n) is 3.63. The molecular formula is C14H16BrN3. The molecule has 1 aliphatic rings. The van der Waals surface area contributed by atoms with Gasteiger partial charge in [0.05, 0.1) is 0 Å². The number of hydrogen-bond acceptors (Lipinski definition) is 3. The first-order valence-corrected chi connectivity index (χ1v) is 7.04. The van der Waals surface area contributed by atoms with Crippen LogP contribution in [0.4, 0.5) is 5.82 Å². The second kappa shape index (κ2) is 4.86. The topological polar surface area (TPSA) is 28.2 Å². The second-order valence-corrected chi connectivity index (χ2v) is 5.54. The fraction of sp³-hybridized carbons (Fsp3) is 0.357. The van der Waals surface area contributed by atoms with Gasteiger partial charge in [0.15, 0.2) is 0 Å². The normalized spacial score (nSPS) is 19.7. The lowest BCUT2D eigenvalue weighted by molar-refractivity contribution is 0.616. The number of nitrogens with one attached hydrogen (secondary N) is 1. The summed E-state index contributed by atoms with van der Waals surface area (Å²) in [7, 11) is 2.03. The van der Waals surface area contributed by atoms with Crippen LogP contribution in [0.15, 0.2) is 34.9 Å². The molecule has 94 valence electrons. The van der Waals surface area contributed by atoms with Crippen molar-refractivity contribution >= 4 is 32.5 Å². The van der Waals surface area contributed by atoms with Crippen molar-refractivity contribution in [1.82, 2.24) is 10.3 Å². The number of fused-ring (bicyclic) bond motifs is 1. The van der Waals surface area contributed by atoms with Crippen molar-refractivity contribution in [3.05, 3.63) is 34.9 Å². The largest absolute Gasteiger partial charge is 0.354 e. The third-order valence-corrected chi connectivity index (χ3v) is 4.32. The Morgan fingerprint density at radius 3 is 3.00 bits per heavy atom. The van der Waals surface area contributed by atoms with E-state index < -0.39 is 0 Å². The summed E-state index contributed by atoms with van der Waals surface area (Å²) in [6, 6.07) is 8.94. The maximum Gasteiger partial charge on any atom is 0.136 e. The predicted molar refractivity (Wildman–Crippen MR) is 79.1 cm³/mol. The van der Waals surface area contributed by atoms with E-state index in [0.717, 1.165) is 23.4 Å². The first-order valence-electron chi connectivity index (χ1n) is 6.25. The van der Waals surface area contributed by atoms with Gasteiger partial charge in [0, 0.05) is 40.6 Å². The number of benzene rings is 1. The van der Waals surface area contributed by atoms with Gasteiger partial charge in [0.25, 0.3) is 0 Å². The van der Waals surface area contributed by atoms with E-state index in [1.807, 2.05) is 13.2 Å². The summed E-state index contributed by atoms with van der Waals surface area (Å²) in [6.07, 6.45) is 3.08. The number of rotatable bonds is 2. The average Bonchev–Trinajstić information content (AvgIpc) is 2.87. The van der Waals surface area contributed by atoms with Crippen molar-refractivity contribution in [3.63, 3.8) is 0 Å². The van der Waals surface area contributed by atoms with Crippen LogP contribution in [-0.2, 0) is 0 Å². The standard InChI is InChI=1S/C14H16BrN3/c1-16-10-6-8-18(9-10)14-12-3-2-4-13(15)11(12)5-7-17-14/h2-5,7,10,16H,6,8-9H2,1H3. The summed E-state index contributed by atoms with van der Waals surface area (Å²) in [6.45, 7) is 2.11. The molecule has 2 heterocycles. The Kier molecular flexibility index (Phi) is 3.22. The highest BCUT2D eigenvalue weighted by atomic mass is 79.9. The van der Waals surface area contributed by atoms with E-state index in [1.54, 1.807) is 0 Å². The monoisotopic (exact) mass is 305 g/mol. The van der Waals surface area contributed by atoms with E-state index in [9.17, 15) is 0 Å². The summed E-state index contributed by atoms with van der Waals surface area (Å²) in [5.74, 6) is 1.10. The van der Waals surface area contributed by atoms with Gasteiger partial charge in [-0.2, -0.15) is 0 Å². The van der Waals surface area contributed by atoms with Gasteiger partial charge in [-0.05, 0) is 25.6 Å². The molecule has 1 unspecified atom stereocenters. The molecule has 4 heteroatoms. The molecule has 1 aromatic carbocycles. The number of halogens is 1. The van der Waals surface area contributed by atoms with Crippen molar-refractivity contribution in [2.24, 2.45) is 0 Å². The average molecular weight is 306 g/mol. The van der Waals surface area contributed by atoms with E-state index in [1.165, 1.54) is 17.2 Å². The van der Waals surface area contributed by atoms with Gasteiger partial charge in [-0.15, -0.1) is 0 Å². The molecule has 0 spiro atoms. The molecular weight excluding hydrogens is 290 g/mol. The molecule has 1 atom stereocenters. The van der Waals surface area contributed by atoms with Gasteiger partial charge in [0.1, 0.15) is 5.82 Å². The Morgan fingerprint density at radius 2 is 2.22 bits per heavy atom. The maximum absolute atomic E-state index is 4.58. The van der Waals surface area contributed by atoms with Gasteiger partial charge in [0.2, 0.25) is 0 Å². The molecule has 0 amide bonds. The fourth-order valence-electron chi connectivity index (χ4n) is 2.59. The van der Waals surface area contributed by atoms with Gasteiger partial charge in [-0.3, -0.25) is 0 Å².